The van der Waals surface area contributed by atoms with Gasteiger partial charge in [0.1, 0.15) is 0 Å². The van der Waals surface area contributed by atoms with Gasteiger partial charge in [-0.2, -0.15) is 0 Å². The van der Waals surface area contributed by atoms with E-state index in [0.29, 0.717) is 0 Å². The molecule has 1 aromatic heterocycles. The molecule has 0 bridgehead atoms. The number of hydrogen-bond acceptors (Lipinski definition) is 1. The van der Waals surface area contributed by atoms with Crippen molar-refractivity contribution < 1.29 is 4.79 Å². The van der Waals surface area contributed by atoms with Crippen molar-refractivity contribution in [3.8, 4) is 0 Å². The SMILES string of the molecule is CC(=O)n1c2c(c3c1CC[C@@H](C)C3)C[C@H](C)CC2. The van der Waals surface area contributed by atoms with Crippen LogP contribution in [-0.2, 0) is 25.7 Å². The summed E-state index contributed by atoms with van der Waals surface area (Å²) in [4.78, 5) is 12.0. The van der Waals surface area contributed by atoms with Crippen molar-refractivity contribution >= 4 is 5.91 Å². The maximum atomic E-state index is 12.0. The predicted octanol–water partition coefficient (Wildman–Crippen LogP) is 3.40. The Labute approximate surface area is 109 Å². The molecule has 2 aliphatic rings. The lowest BCUT2D eigenvalue weighted by atomic mass is 9.82. The first-order chi connectivity index (χ1) is 8.58. The molecule has 98 valence electrons. The minimum atomic E-state index is 0.219. The van der Waals surface area contributed by atoms with Crippen molar-refractivity contribution in [2.45, 2.75) is 59.3 Å². The molecule has 18 heavy (non-hydrogen) atoms. The minimum Gasteiger partial charge on any atom is -0.288 e. The van der Waals surface area contributed by atoms with Gasteiger partial charge >= 0.3 is 0 Å². The molecule has 0 unspecified atom stereocenters. The topological polar surface area (TPSA) is 22.0 Å². The average molecular weight is 245 g/mol. The third kappa shape index (κ3) is 1.73. The number of hydrogen-bond donors (Lipinski definition) is 0. The Kier molecular flexibility index (Phi) is 2.84. The van der Waals surface area contributed by atoms with Gasteiger partial charge in [-0.05, 0) is 61.5 Å². The molecule has 2 aliphatic carbocycles. The third-order valence-corrected chi connectivity index (χ3v) is 4.77. The van der Waals surface area contributed by atoms with E-state index in [2.05, 4.69) is 18.4 Å². The number of carbonyl (C=O) groups is 1. The maximum absolute atomic E-state index is 12.0. The molecule has 0 aliphatic heterocycles. The van der Waals surface area contributed by atoms with Gasteiger partial charge in [-0.1, -0.05) is 13.8 Å². The van der Waals surface area contributed by atoms with Crippen molar-refractivity contribution in [2.24, 2.45) is 11.8 Å². The van der Waals surface area contributed by atoms with Crippen LogP contribution in [0, 0.1) is 11.8 Å². The van der Waals surface area contributed by atoms with Crippen LogP contribution >= 0.6 is 0 Å². The summed E-state index contributed by atoms with van der Waals surface area (Å²) in [7, 11) is 0. The van der Waals surface area contributed by atoms with Crippen LogP contribution in [0.15, 0.2) is 0 Å². The molecule has 0 fully saturated rings. The minimum absolute atomic E-state index is 0.219. The summed E-state index contributed by atoms with van der Waals surface area (Å²) >= 11 is 0. The Bertz CT molecular complexity index is 460. The first-order valence-corrected chi connectivity index (χ1v) is 7.33. The highest BCUT2D eigenvalue weighted by Crippen LogP contribution is 2.37. The van der Waals surface area contributed by atoms with E-state index in [4.69, 9.17) is 0 Å². The molecule has 2 atom stereocenters. The monoisotopic (exact) mass is 245 g/mol. The van der Waals surface area contributed by atoms with E-state index in [1.54, 1.807) is 6.92 Å². The zero-order chi connectivity index (χ0) is 12.9. The Balaban J connectivity index is 2.17. The van der Waals surface area contributed by atoms with E-state index in [1.807, 2.05) is 0 Å². The number of aromatic nitrogens is 1. The maximum Gasteiger partial charge on any atom is 0.227 e. The van der Waals surface area contributed by atoms with E-state index in [9.17, 15) is 4.79 Å². The van der Waals surface area contributed by atoms with Crippen LogP contribution in [0.2, 0.25) is 0 Å². The lowest BCUT2D eigenvalue weighted by Crippen LogP contribution is -2.18. The molecule has 0 saturated carbocycles. The summed E-state index contributed by atoms with van der Waals surface area (Å²) in [6.45, 7) is 6.40. The molecule has 0 saturated heterocycles. The van der Waals surface area contributed by atoms with Crippen LogP contribution < -0.4 is 0 Å². The molecule has 3 rings (SSSR count). The van der Waals surface area contributed by atoms with E-state index in [0.717, 1.165) is 24.7 Å². The highest BCUT2D eigenvalue weighted by atomic mass is 16.1. The van der Waals surface area contributed by atoms with Crippen LogP contribution in [0.25, 0.3) is 0 Å². The molecule has 0 amide bonds. The van der Waals surface area contributed by atoms with Crippen molar-refractivity contribution in [3.05, 3.63) is 22.5 Å². The molecule has 0 radical (unpaired) electrons. The van der Waals surface area contributed by atoms with E-state index >= 15 is 0 Å². The summed E-state index contributed by atoms with van der Waals surface area (Å²) in [5.74, 6) is 1.78. The molecular formula is C16H23NO. The highest BCUT2D eigenvalue weighted by Gasteiger charge is 2.31. The van der Waals surface area contributed by atoms with Gasteiger partial charge in [-0.3, -0.25) is 9.36 Å². The van der Waals surface area contributed by atoms with Gasteiger partial charge in [-0.15, -0.1) is 0 Å². The van der Waals surface area contributed by atoms with Crippen molar-refractivity contribution in [1.29, 1.82) is 0 Å². The predicted molar refractivity (Wildman–Crippen MR) is 73.1 cm³/mol. The lowest BCUT2D eigenvalue weighted by Gasteiger charge is -2.22. The Morgan fingerprint density at radius 3 is 1.83 bits per heavy atom. The van der Waals surface area contributed by atoms with Crippen molar-refractivity contribution in [1.82, 2.24) is 4.57 Å². The zero-order valence-electron chi connectivity index (χ0n) is 11.8. The van der Waals surface area contributed by atoms with Gasteiger partial charge in [0.25, 0.3) is 0 Å². The van der Waals surface area contributed by atoms with Crippen LogP contribution in [-0.4, -0.2) is 10.5 Å². The van der Waals surface area contributed by atoms with Gasteiger partial charge < -0.3 is 0 Å². The zero-order valence-corrected chi connectivity index (χ0v) is 11.8. The Morgan fingerprint density at radius 2 is 1.44 bits per heavy atom. The second-order valence-electron chi connectivity index (χ2n) is 6.40. The fourth-order valence-corrected chi connectivity index (χ4v) is 3.84. The summed E-state index contributed by atoms with van der Waals surface area (Å²) in [5.41, 5.74) is 5.76. The summed E-state index contributed by atoms with van der Waals surface area (Å²) in [5, 5.41) is 0. The van der Waals surface area contributed by atoms with Crippen LogP contribution in [0.5, 0.6) is 0 Å². The van der Waals surface area contributed by atoms with Crippen molar-refractivity contribution in [3.63, 3.8) is 0 Å². The average Bonchev–Trinajstić information content (AvgIpc) is 2.62. The van der Waals surface area contributed by atoms with Crippen LogP contribution in [0.4, 0.5) is 0 Å². The fraction of sp³-hybridized carbons (Fsp3) is 0.688. The smallest absolute Gasteiger partial charge is 0.227 e. The third-order valence-electron chi connectivity index (χ3n) is 4.77. The van der Waals surface area contributed by atoms with E-state index in [-0.39, 0.29) is 5.91 Å². The first-order valence-electron chi connectivity index (χ1n) is 7.33. The fourth-order valence-electron chi connectivity index (χ4n) is 3.84. The molecule has 0 N–H and O–H groups in total. The van der Waals surface area contributed by atoms with Gasteiger partial charge in [0.2, 0.25) is 5.91 Å². The normalized spacial score (nSPS) is 26.6. The standard InChI is InChI=1S/C16H23NO/c1-10-4-6-15-13(8-10)14-9-11(2)5-7-16(14)17(15)12(3)18/h10-11H,4-9H2,1-3H3/t10-,11-/m1/s1. The molecule has 2 nitrogen and oxygen atoms in total. The highest BCUT2D eigenvalue weighted by molar-refractivity contribution is 5.79. The van der Waals surface area contributed by atoms with E-state index < -0.39 is 0 Å². The quantitative estimate of drug-likeness (QED) is 0.686. The first kappa shape index (κ1) is 12.0. The second kappa shape index (κ2) is 4.25. The Morgan fingerprint density at radius 1 is 1.00 bits per heavy atom. The molecule has 1 heterocycles. The number of carbonyl (C=O) groups excluding carboxylic acids is 1. The van der Waals surface area contributed by atoms with Gasteiger partial charge in [0.05, 0.1) is 0 Å². The van der Waals surface area contributed by atoms with Gasteiger partial charge in [0.15, 0.2) is 0 Å². The lowest BCUT2D eigenvalue weighted by molar-refractivity contribution is 0.0928. The Hall–Kier alpha value is -1.05. The van der Waals surface area contributed by atoms with Crippen molar-refractivity contribution in [2.75, 3.05) is 0 Å². The molecule has 2 heteroatoms. The van der Waals surface area contributed by atoms with Crippen LogP contribution in [0.3, 0.4) is 0 Å². The summed E-state index contributed by atoms with van der Waals surface area (Å²) in [6.07, 6.45) is 7.03. The van der Waals surface area contributed by atoms with Gasteiger partial charge in [0, 0.05) is 18.3 Å². The molecule has 0 aromatic carbocycles. The number of fused-ring (bicyclic) bond motifs is 3. The number of nitrogens with zero attached hydrogens (tertiary/aromatic N) is 1. The second-order valence-corrected chi connectivity index (χ2v) is 6.40. The summed E-state index contributed by atoms with van der Waals surface area (Å²) in [6, 6.07) is 0. The van der Waals surface area contributed by atoms with Crippen LogP contribution in [0.1, 0.15) is 60.9 Å². The number of rotatable bonds is 0. The van der Waals surface area contributed by atoms with Gasteiger partial charge in [-0.25, -0.2) is 0 Å². The summed E-state index contributed by atoms with van der Waals surface area (Å²) < 4.78 is 2.06. The molecule has 0 spiro atoms. The molecule has 1 aromatic rings. The van der Waals surface area contributed by atoms with E-state index in [1.165, 1.54) is 48.2 Å². The molecular weight excluding hydrogens is 222 g/mol. The largest absolute Gasteiger partial charge is 0.288 e.